The zero-order valence-electron chi connectivity index (χ0n) is 20.5. The fraction of sp³-hybridized carbons (Fsp3) is 0.214. The van der Waals surface area contributed by atoms with Crippen LogP contribution in [0.1, 0.15) is 37.0 Å². The number of ether oxygens (including phenoxy) is 2. The lowest BCUT2D eigenvalue weighted by molar-refractivity contribution is -0.116. The molecule has 0 saturated heterocycles. The third kappa shape index (κ3) is 5.36. The number of fused-ring (bicyclic) bond motifs is 1. The van der Waals surface area contributed by atoms with Crippen LogP contribution in [0.5, 0.6) is 11.5 Å². The van der Waals surface area contributed by atoms with E-state index in [0.717, 1.165) is 17.7 Å². The molecule has 1 atom stereocenters. The van der Waals surface area contributed by atoms with Gasteiger partial charge in [-0.05, 0) is 67.9 Å². The number of amides is 1. The van der Waals surface area contributed by atoms with E-state index in [1.807, 2.05) is 66.9 Å². The summed E-state index contributed by atoms with van der Waals surface area (Å²) in [5.41, 5.74) is 2.95. The Morgan fingerprint density at radius 2 is 1.76 bits per heavy atom. The van der Waals surface area contributed by atoms with Crippen LogP contribution in [0, 0.1) is 0 Å². The molecule has 4 aromatic rings. The number of hydrogen-bond acceptors (Lipinski definition) is 7. The molecule has 37 heavy (non-hydrogen) atoms. The first-order valence-electron chi connectivity index (χ1n) is 12.0. The quantitative estimate of drug-likeness (QED) is 0.224. The lowest BCUT2D eigenvalue weighted by Crippen LogP contribution is -2.15. The number of thioether (sulfide) groups is 1. The van der Waals surface area contributed by atoms with E-state index in [-0.39, 0.29) is 18.5 Å². The highest BCUT2D eigenvalue weighted by Gasteiger charge is 2.24. The van der Waals surface area contributed by atoms with Crippen molar-refractivity contribution in [3.8, 4) is 28.6 Å². The summed E-state index contributed by atoms with van der Waals surface area (Å²) in [7, 11) is 0. The highest BCUT2D eigenvalue weighted by atomic mass is 32.2. The molecular weight excluding hydrogens is 488 g/mol. The van der Waals surface area contributed by atoms with Gasteiger partial charge >= 0.3 is 0 Å². The minimum absolute atomic E-state index is 0.0380. The van der Waals surface area contributed by atoms with Crippen LogP contribution in [0.2, 0.25) is 0 Å². The second-order valence-electron chi connectivity index (χ2n) is 8.55. The van der Waals surface area contributed by atoms with E-state index in [1.165, 1.54) is 11.8 Å². The molecule has 0 radical (unpaired) electrons. The highest BCUT2D eigenvalue weighted by Crippen LogP contribution is 2.37. The Bertz CT molecular complexity index is 1420. The molecule has 0 saturated carbocycles. The number of para-hydroxylation sites is 1. The predicted molar refractivity (Wildman–Crippen MR) is 143 cm³/mol. The second-order valence-corrected chi connectivity index (χ2v) is 9.85. The van der Waals surface area contributed by atoms with E-state index < -0.39 is 5.25 Å². The van der Waals surface area contributed by atoms with Gasteiger partial charge in [0.15, 0.2) is 28.3 Å². The number of Topliss-reactive ketones (excluding diaryl/α,β-unsaturated/α-hetero) is 1. The largest absolute Gasteiger partial charge is 0.454 e. The van der Waals surface area contributed by atoms with Crippen molar-refractivity contribution < 1.29 is 19.1 Å². The fourth-order valence-corrected chi connectivity index (χ4v) is 4.94. The first kappa shape index (κ1) is 24.6. The Morgan fingerprint density at radius 1 is 1.00 bits per heavy atom. The van der Waals surface area contributed by atoms with E-state index in [2.05, 4.69) is 15.5 Å². The molecule has 1 aliphatic heterocycles. The van der Waals surface area contributed by atoms with Crippen LogP contribution in [0.3, 0.4) is 0 Å². The Kier molecular flexibility index (Phi) is 7.23. The van der Waals surface area contributed by atoms with Crippen molar-refractivity contribution in [3.63, 3.8) is 0 Å². The van der Waals surface area contributed by atoms with Gasteiger partial charge in [-0.15, -0.1) is 10.2 Å². The molecule has 0 aliphatic carbocycles. The molecule has 3 aromatic carbocycles. The highest BCUT2D eigenvalue weighted by molar-refractivity contribution is 8.00. The van der Waals surface area contributed by atoms with E-state index in [9.17, 15) is 9.59 Å². The molecule has 1 N–H and O–H groups in total. The average Bonchev–Trinajstić information content (AvgIpc) is 3.56. The van der Waals surface area contributed by atoms with Crippen LogP contribution >= 0.6 is 11.8 Å². The van der Waals surface area contributed by atoms with Gasteiger partial charge in [0.05, 0.1) is 5.25 Å². The summed E-state index contributed by atoms with van der Waals surface area (Å²) in [5.74, 6) is 1.91. The van der Waals surface area contributed by atoms with Gasteiger partial charge in [0.1, 0.15) is 0 Å². The fourth-order valence-electron chi connectivity index (χ4n) is 3.99. The monoisotopic (exact) mass is 514 g/mol. The average molecular weight is 515 g/mol. The minimum atomic E-state index is -0.420. The normalized spacial score (nSPS) is 12.8. The lowest BCUT2D eigenvalue weighted by Gasteiger charge is -2.14. The SMILES string of the molecule is CCCC(=O)Nc1ccc(C(=O)[C@H](C)Sc2nnc(-c3ccc4c(c3)OCO4)n2-c2ccccc2)cc1. The maximum absolute atomic E-state index is 13.2. The smallest absolute Gasteiger partial charge is 0.231 e. The molecule has 0 fully saturated rings. The third-order valence-electron chi connectivity index (χ3n) is 5.86. The van der Waals surface area contributed by atoms with Crippen molar-refractivity contribution in [2.75, 3.05) is 12.1 Å². The van der Waals surface area contributed by atoms with Crippen molar-refractivity contribution in [1.82, 2.24) is 14.8 Å². The van der Waals surface area contributed by atoms with Crippen LogP contribution in [0.15, 0.2) is 78.0 Å². The number of hydrogen-bond donors (Lipinski definition) is 1. The van der Waals surface area contributed by atoms with E-state index in [0.29, 0.717) is 40.2 Å². The third-order valence-corrected chi connectivity index (χ3v) is 6.90. The number of benzene rings is 3. The Hall–Kier alpha value is -4.11. The van der Waals surface area contributed by atoms with Gasteiger partial charge in [-0.3, -0.25) is 14.2 Å². The van der Waals surface area contributed by atoms with Gasteiger partial charge in [0.2, 0.25) is 12.7 Å². The maximum atomic E-state index is 13.2. The number of rotatable bonds is 9. The Labute approximate surface area is 219 Å². The van der Waals surface area contributed by atoms with Gasteiger partial charge in [0.25, 0.3) is 0 Å². The topological polar surface area (TPSA) is 95.3 Å². The van der Waals surface area contributed by atoms with Gasteiger partial charge in [-0.25, -0.2) is 0 Å². The minimum Gasteiger partial charge on any atom is -0.454 e. The Balaban J connectivity index is 1.39. The van der Waals surface area contributed by atoms with Crippen LogP contribution in [0.4, 0.5) is 5.69 Å². The molecule has 1 aliphatic rings. The van der Waals surface area contributed by atoms with E-state index in [1.54, 1.807) is 24.3 Å². The molecule has 0 unspecified atom stereocenters. The number of aromatic nitrogens is 3. The van der Waals surface area contributed by atoms with Crippen molar-refractivity contribution in [2.24, 2.45) is 0 Å². The predicted octanol–water partition coefficient (Wildman–Crippen LogP) is 5.77. The van der Waals surface area contributed by atoms with Crippen molar-refractivity contribution in [2.45, 2.75) is 37.1 Å². The van der Waals surface area contributed by atoms with Crippen LogP contribution in [-0.2, 0) is 4.79 Å². The molecule has 5 rings (SSSR count). The van der Waals surface area contributed by atoms with Crippen LogP contribution in [-0.4, -0.2) is 38.5 Å². The number of carbonyl (C=O) groups excluding carboxylic acids is 2. The number of nitrogens with one attached hydrogen (secondary N) is 1. The van der Waals surface area contributed by atoms with Gasteiger partial charge in [-0.1, -0.05) is 36.9 Å². The summed E-state index contributed by atoms with van der Waals surface area (Å²) >= 11 is 1.34. The molecule has 0 spiro atoms. The zero-order valence-corrected chi connectivity index (χ0v) is 21.3. The number of ketones is 1. The summed E-state index contributed by atoms with van der Waals surface area (Å²) in [6, 6.07) is 22.4. The summed E-state index contributed by atoms with van der Waals surface area (Å²) in [5, 5.41) is 11.9. The summed E-state index contributed by atoms with van der Waals surface area (Å²) < 4.78 is 12.9. The Morgan fingerprint density at radius 3 is 2.51 bits per heavy atom. The van der Waals surface area contributed by atoms with Gasteiger partial charge in [0, 0.05) is 28.9 Å². The van der Waals surface area contributed by atoms with Crippen LogP contribution < -0.4 is 14.8 Å². The van der Waals surface area contributed by atoms with Gasteiger partial charge < -0.3 is 14.8 Å². The molecule has 9 heteroatoms. The first-order chi connectivity index (χ1) is 18.0. The number of carbonyl (C=O) groups is 2. The summed E-state index contributed by atoms with van der Waals surface area (Å²) in [6.45, 7) is 4.00. The van der Waals surface area contributed by atoms with Crippen molar-refractivity contribution >= 4 is 29.1 Å². The van der Waals surface area contributed by atoms with Crippen molar-refractivity contribution in [1.29, 1.82) is 0 Å². The molecule has 2 heterocycles. The summed E-state index contributed by atoms with van der Waals surface area (Å²) in [6.07, 6.45) is 1.24. The number of anilines is 1. The maximum Gasteiger partial charge on any atom is 0.231 e. The zero-order chi connectivity index (χ0) is 25.8. The first-order valence-corrected chi connectivity index (χ1v) is 12.9. The van der Waals surface area contributed by atoms with Crippen molar-refractivity contribution in [3.05, 3.63) is 78.4 Å². The van der Waals surface area contributed by atoms with Crippen LogP contribution in [0.25, 0.3) is 17.1 Å². The molecule has 188 valence electrons. The molecule has 1 amide bonds. The van der Waals surface area contributed by atoms with E-state index in [4.69, 9.17) is 9.47 Å². The molecular formula is C28H26N4O4S. The van der Waals surface area contributed by atoms with E-state index >= 15 is 0 Å². The second kappa shape index (κ2) is 10.9. The molecule has 1 aromatic heterocycles. The number of nitrogens with zero attached hydrogens (tertiary/aromatic N) is 3. The lowest BCUT2D eigenvalue weighted by atomic mass is 10.1. The summed E-state index contributed by atoms with van der Waals surface area (Å²) in [4.78, 5) is 25.1. The van der Waals surface area contributed by atoms with Gasteiger partial charge in [-0.2, -0.15) is 0 Å². The molecule has 8 nitrogen and oxygen atoms in total. The standard InChI is InChI=1S/C28H26N4O4S/c1-3-7-25(33)29-21-13-10-19(11-14-21)26(34)18(2)37-28-31-30-27(32(28)22-8-5-4-6-9-22)20-12-15-23-24(16-20)36-17-35-23/h4-6,8-16,18H,3,7,17H2,1-2H3,(H,29,33)/t18-/m0/s1. The molecule has 0 bridgehead atoms.